The summed E-state index contributed by atoms with van der Waals surface area (Å²) in [4.78, 5) is 24.2. The highest BCUT2D eigenvalue weighted by molar-refractivity contribution is 7.22. The van der Waals surface area contributed by atoms with E-state index < -0.39 is 0 Å². The van der Waals surface area contributed by atoms with Gasteiger partial charge in [0.15, 0.2) is 16.6 Å². The second-order valence-electron chi connectivity index (χ2n) is 6.98. The van der Waals surface area contributed by atoms with Crippen molar-refractivity contribution >= 4 is 32.6 Å². The summed E-state index contributed by atoms with van der Waals surface area (Å²) in [6.45, 7) is 1.21. The second-order valence-corrected chi connectivity index (χ2v) is 7.99. The van der Waals surface area contributed by atoms with Gasteiger partial charge in [0.25, 0.3) is 5.91 Å². The summed E-state index contributed by atoms with van der Waals surface area (Å²) < 4.78 is 19.2. The monoisotopic (exact) mass is 452 g/mol. The van der Waals surface area contributed by atoms with E-state index in [1.165, 1.54) is 18.4 Å². The molecule has 8 nitrogen and oxygen atoms in total. The summed E-state index contributed by atoms with van der Waals surface area (Å²) >= 11 is 1.45. The van der Waals surface area contributed by atoms with Gasteiger partial charge in [-0.05, 0) is 36.8 Å². The molecular formula is C23H24N4O4S. The number of aryl methyl sites for hydroxylation is 1. The number of carbonyl (C=O) groups is 1. The second kappa shape index (κ2) is 9.69. The number of anilines is 1. The smallest absolute Gasteiger partial charge is 0.263 e. The van der Waals surface area contributed by atoms with Crippen molar-refractivity contribution in [2.24, 2.45) is 0 Å². The van der Waals surface area contributed by atoms with Gasteiger partial charge in [0.2, 0.25) is 0 Å². The molecule has 4 aromatic rings. The largest absolute Gasteiger partial charge is 0.497 e. The number of methoxy groups -OCH3 is 3. The van der Waals surface area contributed by atoms with Crippen LogP contribution in [-0.2, 0) is 6.54 Å². The number of carbonyl (C=O) groups excluding carboxylic acids is 1. The highest BCUT2D eigenvalue weighted by Crippen LogP contribution is 2.35. The van der Waals surface area contributed by atoms with E-state index in [-0.39, 0.29) is 5.91 Å². The topological polar surface area (TPSA) is 78.7 Å². The highest BCUT2D eigenvalue weighted by Gasteiger charge is 2.25. The average molecular weight is 453 g/mol. The summed E-state index contributed by atoms with van der Waals surface area (Å²) in [5.41, 5.74) is 1.24. The van der Waals surface area contributed by atoms with E-state index in [0.717, 1.165) is 28.9 Å². The number of benzene rings is 2. The number of thiazole rings is 1. The minimum absolute atomic E-state index is 0.197. The third kappa shape index (κ3) is 4.38. The maximum Gasteiger partial charge on any atom is 0.263 e. The number of ether oxygens (including phenoxy) is 3. The zero-order chi connectivity index (χ0) is 22.5. The van der Waals surface area contributed by atoms with Gasteiger partial charge in [-0.15, -0.1) is 0 Å². The number of nitrogens with zero attached hydrogens (tertiary/aromatic N) is 4. The van der Waals surface area contributed by atoms with Crippen LogP contribution >= 0.6 is 11.3 Å². The van der Waals surface area contributed by atoms with Gasteiger partial charge in [0.1, 0.15) is 5.75 Å². The third-order valence-electron chi connectivity index (χ3n) is 5.05. The van der Waals surface area contributed by atoms with Crippen LogP contribution in [0.4, 0.5) is 5.13 Å². The van der Waals surface area contributed by atoms with Crippen molar-refractivity contribution in [3.05, 3.63) is 60.7 Å². The van der Waals surface area contributed by atoms with Crippen LogP contribution in [-0.4, -0.2) is 48.3 Å². The predicted molar refractivity (Wildman–Crippen MR) is 124 cm³/mol. The number of hydrogen-bond donors (Lipinski definition) is 0. The van der Waals surface area contributed by atoms with Crippen LogP contribution in [0.5, 0.6) is 17.2 Å². The van der Waals surface area contributed by atoms with E-state index in [1.807, 2.05) is 29.0 Å². The Labute approximate surface area is 190 Å². The van der Waals surface area contributed by atoms with Gasteiger partial charge >= 0.3 is 0 Å². The molecule has 166 valence electrons. The Balaban J connectivity index is 1.69. The molecule has 2 heterocycles. The third-order valence-corrected chi connectivity index (χ3v) is 6.09. The zero-order valence-corrected chi connectivity index (χ0v) is 19.0. The standard InChI is InChI=1S/C23H24N4O4S/c1-29-16-8-9-18-20(14-16)32-23(25-18)27(12-5-11-26-13-10-24-15-26)22(28)17-6-4-7-19(30-2)21(17)31-3/h4,6-10,13-15H,5,11-12H2,1-3H3. The van der Waals surface area contributed by atoms with Crippen LogP contribution in [0.25, 0.3) is 10.2 Å². The normalized spacial score (nSPS) is 10.8. The van der Waals surface area contributed by atoms with E-state index >= 15 is 0 Å². The molecule has 0 N–H and O–H groups in total. The first-order chi connectivity index (χ1) is 15.6. The van der Waals surface area contributed by atoms with Crippen LogP contribution < -0.4 is 19.1 Å². The lowest BCUT2D eigenvalue weighted by Crippen LogP contribution is -2.32. The van der Waals surface area contributed by atoms with Crippen molar-refractivity contribution in [2.75, 3.05) is 32.8 Å². The minimum Gasteiger partial charge on any atom is -0.497 e. The molecule has 0 aliphatic heterocycles. The highest BCUT2D eigenvalue weighted by atomic mass is 32.1. The Bertz CT molecular complexity index is 1210. The van der Waals surface area contributed by atoms with Crippen LogP contribution in [0, 0.1) is 0 Å². The lowest BCUT2D eigenvalue weighted by molar-refractivity contribution is 0.0982. The van der Waals surface area contributed by atoms with Gasteiger partial charge in [-0.2, -0.15) is 0 Å². The molecule has 4 rings (SSSR count). The quantitative estimate of drug-likeness (QED) is 0.378. The molecule has 0 fully saturated rings. The summed E-state index contributed by atoms with van der Waals surface area (Å²) in [5, 5.41) is 0.619. The SMILES string of the molecule is COc1ccc2nc(N(CCCn3ccnc3)C(=O)c3cccc(OC)c3OC)sc2c1. The summed E-state index contributed by atoms with van der Waals surface area (Å²) in [6.07, 6.45) is 6.14. The minimum atomic E-state index is -0.197. The Morgan fingerprint density at radius 3 is 2.72 bits per heavy atom. The lowest BCUT2D eigenvalue weighted by atomic mass is 10.1. The number of rotatable bonds is 9. The van der Waals surface area contributed by atoms with E-state index in [2.05, 4.69) is 4.98 Å². The molecule has 32 heavy (non-hydrogen) atoms. The molecule has 1 amide bonds. The summed E-state index contributed by atoms with van der Waals surface area (Å²) in [5.74, 6) is 1.46. The van der Waals surface area contributed by atoms with E-state index in [0.29, 0.717) is 28.7 Å². The van der Waals surface area contributed by atoms with Crippen LogP contribution in [0.1, 0.15) is 16.8 Å². The molecule has 0 saturated heterocycles. The number of fused-ring (bicyclic) bond motifs is 1. The maximum atomic E-state index is 13.7. The Kier molecular flexibility index (Phi) is 6.55. The molecule has 2 aromatic heterocycles. The molecule has 0 aliphatic rings. The fourth-order valence-corrected chi connectivity index (χ4v) is 4.47. The number of aromatic nitrogens is 3. The summed E-state index contributed by atoms with van der Waals surface area (Å²) in [6, 6.07) is 11.0. The molecule has 2 aromatic carbocycles. The molecule has 0 radical (unpaired) electrons. The van der Waals surface area contributed by atoms with Gasteiger partial charge in [-0.3, -0.25) is 9.69 Å². The fourth-order valence-electron chi connectivity index (χ4n) is 3.45. The van der Waals surface area contributed by atoms with Crippen molar-refractivity contribution in [3.8, 4) is 17.2 Å². The summed E-state index contributed by atoms with van der Waals surface area (Å²) in [7, 11) is 4.71. The predicted octanol–water partition coefficient (Wildman–Crippen LogP) is 4.26. The number of para-hydroxylation sites is 1. The van der Waals surface area contributed by atoms with Crippen molar-refractivity contribution in [2.45, 2.75) is 13.0 Å². The van der Waals surface area contributed by atoms with Gasteiger partial charge in [-0.25, -0.2) is 9.97 Å². The fraction of sp³-hybridized carbons (Fsp3) is 0.261. The molecule has 0 atom stereocenters. The van der Waals surface area contributed by atoms with E-state index in [1.54, 1.807) is 49.8 Å². The van der Waals surface area contributed by atoms with Crippen molar-refractivity contribution in [1.29, 1.82) is 0 Å². The molecule has 0 saturated carbocycles. The average Bonchev–Trinajstić information content (AvgIpc) is 3.49. The number of hydrogen-bond acceptors (Lipinski definition) is 7. The van der Waals surface area contributed by atoms with Crippen LogP contribution in [0.2, 0.25) is 0 Å². The lowest BCUT2D eigenvalue weighted by Gasteiger charge is -2.22. The van der Waals surface area contributed by atoms with Crippen molar-refractivity contribution < 1.29 is 19.0 Å². The molecule has 0 spiro atoms. The first-order valence-electron chi connectivity index (χ1n) is 10.1. The van der Waals surface area contributed by atoms with Crippen LogP contribution in [0.15, 0.2) is 55.1 Å². The van der Waals surface area contributed by atoms with E-state index in [4.69, 9.17) is 19.2 Å². The van der Waals surface area contributed by atoms with Gasteiger partial charge in [-0.1, -0.05) is 17.4 Å². The molecule has 0 aliphatic carbocycles. The molecule has 0 bridgehead atoms. The Hall–Kier alpha value is -3.59. The van der Waals surface area contributed by atoms with Crippen molar-refractivity contribution in [1.82, 2.24) is 14.5 Å². The Morgan fingerprint density at radius 2 is 2.00 bits per heavy atom. The maximum absolute atomic E-state index is 13.7. The van der Waals surface area contributed by atoms with Crippen LogP contribution in [0.3, 0.4) is 0 Å². The molecule has 0 unspecified atom stereocenters. The zero-order valence-electron chi connectivity index (χ0n) is 18.1. The van der Waals surface area contributed by atoms with Gasteiger partial charge < -0.3 is 18.8 Å². The first-order valence-corrected chi connectivity index (χ1v) is 10.9. The molecular weight excluding hydrogens is 428 g/mol. The molecule has 9 heteroatoms. The number of amides is 1. The van der Waals surface area contributed by atoms with Crippen molar-refractivity contribution in [3.63, 3.8) is 0 Å². The van der Waals surface area contributed by atoms with Gasteiger partial charge in [0, 0.05) is 25.5 Å². The van der Waals surface area contributed by atoms with E-state index in [9.17, 15) is 4.79 Å². The number of imidazole rings is 1. The first kappa shape index (κ1) is 21.6. The van der Waals surface area contributed by atoms with Gasteiger partial charge in [0.05, 0.1) is 43.4 Å². The Morgan fingerprint density at radius 1 is 1.12 bits per heavy atom.